The summed E-state index contributed by atoms with van der Waals surface area (Å²) in [5.41, 5.74) is -2.82. The van der Waals surface area contributed by atoms with Crippen LogP contribution < -0.4 is 21.9 Å². The van der Waals surface area contributed by atoms with Gasteiger partial charge in [0.25, 0.3) is 5.56 Å². The number of H-pyrrole nitrogens is 1. The molecule has 2 aromatic rings. The lowest BCUT2D eigenvalue weighted by molar-refractivity contribution is -0.275. The molecular formula is C47H67N5O17. The number of hydrogen-bond donors (Lipinski definition) is 4. The molecule has 12 atom stereocenters. The number of aromatic amines is 1. The van der Waals surface area contributed by atoms with E-state index in [2.05, 4.69) is 22.2 Å². The Hall–Kier alpha value is -5.20. The molecular weight excluding hydrogens is 907 g/mol. The van der Waals surface area contributed by atoms with Crippen molar-refractivity contribution in [3.63, 3.8) is 0 Å². The number of likely N-dealkylation sites (N-methyl/N-ethyl adjacent to an activating group) is 1. The van der Waals surface area contributed by atoms with Crippen molar-refractivity contribution < 1.29 is 71.7 Å². The number of fused-ring (bicyclic) bond motifs is 2. The van der Waals surface area contributed by atoms with Crippen LogP contribution in [0.4, 0.5) is 9.59 Å². The highest BCUT2D eigenvalue weighted by atomic mass is 16.8. The summed E-state index contributed by atoms with van der Waals surface area (Å²) in [5, 5.41) is 16.6. The maximum absolute atomic E-state index is 15.4. The van der Waals surface area contributed by atoms with E-state index in [0.29, 0.717) is 18.4 Å². The van der Waals surface area contributed by atoms with Crippen LogP contribution in [0.15, 0.2) is 64.8 Å². The molecule has 3 amide bonds. The summed E-state index contributed by atoms with van der Waals surface area (Å²) in [6, 6.07) is 6.18. The van der Waals surface area contributed by atoms with E-state index in [1.807, 2.05) is 13.8 Å². The molecule has 6 rings (SSSR count). The van der Waals surface area contributed by atoms with Gasteiger partial charge in [0.2, 0.25) is 5.91 Å². The number of carbonyl (C=O) groups excluding carboxylic acids is 4. The molecule has 0 saturated carbocycles. The van der Waals surface area contributed by atoms with Crippen LogP contribution in [0.5, 0.6) is 0 Å². The number of ether oxygens (including phenoxy) is 10. The van der Waals surface area contributed by atoms with Crippen LogP contribution in [-0.2, 0) is 63.6 Å². The number of aliphatic hydroxyl groups is 1. The van der Waals surface area contributed by atoms with Crippen LogP contribution in [0.3, 0.4) is 0 Å². The van der Waals surface area contributed by atoms with Crippen molar-refractivity contribution in [2.45, 2.75) is 185 Å². The molecule has 0 spiro atoms. The van der Waals surface area contributed by atoms with Gasteiger partial charge in [-0.25, -0.2) is 19.2 Å². The van der Waals surface area contributed by atoms with Gasteiger partial charge in [0.1, 0.15) is 72.7 Å². The fourth-order valence-electron chi connectivity index (χ4n) is 8.61. The number of hydrogen-bond acceptors (Lipinski definition) is 17. The predicted octanol–water partition coefficient (Wildman–Crippen LogP) is 2.90. The van der Waals surface area contributed by atoms with Gasteiger partial charge < -0.3 is 68.0 Å². The first-order valence-corrected chi connectivity index (χ1v) is 23.0. The van der Waals surface area contributed by atoms with Gasteiger partial charge >= 0.3 is 23.8 Å². The van der Waals surface area contributed by atoms with Crippen molar-refractivity contribution in [1.29, 1.82) is 0 Å². The lowest BCUT2D eigenvalue weighted by Gasteiger charge is -2.39. The molecule has 1 aromatic heterocycles. The zero-order valence-electron chi connectivity index (χ0n) is 41.0. The van der Waals surface area contributed by atoms with Gasteiger partial charge in [-0.3, -0.25) is 19.1 Å². The molecule has 0 aliphatic carbocycles. The number of carbonyl (C=O) groups is 4. The smallest absolute Gasteiger partial charge is 0.408 e. The van der Waals surface area contributed by atoms with E-state index in [4.69, 9.17) is 47.4 Å². The first kappa shape index (κ1) is 53.2. The SMILES string of the molecule is C=C[C@H](O)[C@@H](C(=O)OC(C)(C)C)N(C)C(=O)[C@@H](NC(=O)OCc1ccccc1)[C@H](O[C@@H]1O[C@H](CNC(=O)OC(C)(C)C)[C@H]2OC(CC)(CC)O[C@@H]12)[C@H]1O[C@@H](n2ccc(=O)[nH]c2=O)[C@@H]2OC(C)(C)O[C@H]12. The van der Waals surface area contributed by atoms with Crippen molar-refractivity contribution in [3.05, 3.63) is 81.7 Å². The zero-order chi connectivity index (χ0) is 50.8. The summed E-state index contributed by atoms with van der Waals surface area (Å²) >= 11 is 0. The highest BCUT2D eigenvalue weighted by Crippen LogP contribution is 2.47. The average Bonchev–Trinajstić information content (AvgIpc) is 3.99. The van der Waals surface area contributed by atoms with Gasteiger partial charge in [0.15, 0.2) is 30.1 Å². The summed E-state index contributed by atoms with van der Waals surface area (Å²) in [4.78, 5) is 85.1. The lowest BCUT2D eigenvalue weighted by Crippen LogP contribution is -2.63. The second kappa shape index (κ2) is 21.0. The summed E-state index contributed by atoms with van der Waals surface area (Å²) in [5.74, 6) is -4.51. The molecule has 0 bridgehead atoms. The van der Waals surface area contributed by atoms with E-state index < -0.39 is 132 Å². The van der Waals surface area contributed by atoms with E-state index in [0.717, 1.165) is 21.6 Å². The quantitative estimate of drug-likeness (QED) is 0.101. The van der Waals surface area contributed by atoms with E-state index in [-0.39, 0.29) is 13.2 Å². The molecule has 382 valence electrons. The summed E-state index contributed by atoms with van der Waals surface area (Å²) in [6.45, 7) is 20.2. The van der Waals surface area contributed by atoms with Crippen molar-refractivity contribution in [2.75, 3.05) is 13.6 Å². The van der Waals surface area contributed by atoms with E-state index in [1.54, 1.807) is 85.7 Å². The zero-order valence-corrected chi connectivity index (χ0v) is 41.0. The molecule has 4 N–H and O–H groups in total. The standard InChI is InChI=1S/C47H67N5O17/c1-13-26(53)30(39(56)68-44(4,5)6)51(12)37(55)29(50-43(59)60-24-25-19-17-16-18-20-25)32(33-34-35(65-46(10,11)64-34)38(62-33)52-22-21-28(54)49-41(52)57)63-40-36-31(66-47(14-2,15-3)67-36)27(61-40)23-48-42(58)69-45(7,8)9/h13,16-22,26-27,29-36,38,40,53H,1,14-15,23-24H2,2-12H3,(H,48,58)(H,50,59)(H,49,54,57)/t26-,27+,29-,30-,31+,32-,33+,34+,35+,36+,38+,40-/m0/s1. The highest BCUT2D eigenvalue weighted by Gasteiger charge is 2.63. The Morgan fingerprint density at radius 2 is 1.54 bits per heavy atom. The molecule has 5 heterocycles. The van der Waals surface area contributed by atoms with Gasteiger partial charge in [0.05, 0.1) is 0 Å². The molecule has 22 nitrogen and oxygen atoms in total. The molecule has 4 aliphatic heterocycles. The third-order valence-electron chi connectivity index (χ3n) is 11.8. The third kappa shape index (κ3) is 12.6. The lowest BCUT2D eigenvalue weighted by atomic mass is 9.97. The van der Waals surface area contributed by atoms with Gasteiger partial charge in [-0.15, -0.1) is 6.58 Å². The van der Waals surface area contributed by atoms with Crippen molar-refractivity contribution in [2.24, 2.45) is 0 Å². The van der Waals surface area contributed by atoms with E-state index in [1.165, 1.54) is 13.2 Å². The second-order valence-electron chi connectivity index (χ2n) is 19.7. The summed E-state index contributed by atoms with van der Waals surface area (Å²) in [7, 11) is 1.22. The number of amides is 3. The fourth-order valence-corrected chi connectivity index (χ4v) is 8.61. The normalized spacial score (nSPS) is 27.5. The predicted molar refractivity (Wildman–Crippen MR) is 242 cm³/mol. The minimum Gasteiger partial charge on any atom is -0.458 e. The highest BCUT2D eigenvalue weighted by molar-refractivity contribution is 5.90. The number of nitrogens with one attached hydrogen (secondary N) is 3. The van der Waals surface area contributed by atoms with Gasteiger partial charge in [-0.05, 0) is 73.8 Å². The molecule has 4 fully saturated rings. The third-order valence-corrected chi connectivity index (χ3v) is 11.8. The Morgan fingerprint density at radius 1 is 0.899 bits per heavy atom. The van der Waals surface area contributed by atoms with Gasteiger partial charge in [-0.2, -0.15) is 0 Å². The monoisotopic (exact) mass is 973 g/mol. The molecule has 0 unspecified atom stereocenters. The Kier molecular flexibility index (Phi) is 16.2. The summed E-state index contributed by atoms with van der Waals surface area (Å²) < 4.78 is 63.9. The van der Waals surface area contributed by atoms with Crippen LogP contribution >= 0.6 is 0 Å². The van der Waals surface area contributed by atoms with Gasteiger partial charge in [-0.1, -0.05) is 50.3 Å². The van der Waals surface area contributed by atoms with E-state index in [9.17, 15) is 29.1 Å². The van der Waals surface area contributed by atoms with Crippen LogP contribution in [0.1, 0.15) is 93.9 Å². The van der Waals surface area contributed by atoms with Crippen molar-refractivity contribution >= 4 is 24.1 Å². The average molecular weight is 974 g/mol. The van der Waals surface area contributed by atoms with Gasteiger partial charge in [0, 0.05) is 25.9 Å². The van der Waals surface area contributed by atoms with Crippen LogP contribution in [-0.4, -0.2) is 147 Å². The maximum Gasteiger partial charge on any atom is 0.408 e. The molecule has 0 radical (unpaired) electrons. The molecule has 4 saturated heterocycles. The first-order chi connectivity index (χ1) is 32.3. The Balaban J connectivity index is 1.48. The topological polar surface area (TPSA) is 263 Å². The Bertz CT molecular complexity index is 2270. The largest absolute Gasteiger partial charge is 0.458 e. The number of benzene rings is 1. The van der Waals surface area contributed by atoms with Crippen LogP contribution in [0.2, 0.25) is 0 Å². The fraction of sp³-hybridized carbons (Fsp3) is 0.660. The molecule has 1 aromatic carbocycles. The Morgan fingerprint density at radius 3 is 2.14 bits per heavy atom. The number of aromatic nitrogens is 2. The summed E-state index contributed by atoms with van der Waals surface area (Å²) in [6.07, 6.45) is -11.7. The number of aliphatic hydroxyl groups excluding tert-OH is 1. The minimum absolute atomic E-state index is 0.146. The van der Waals surface area contributed by atoms with Crippen molar-refractivity contribution in [3.8, 4) is 0 Å². The number of esters is 1. The van der Waals surface area contributed by atoms with Crippen molar-refractivity contribution in [1.82, 2.24) is 25.1 Å². The molecule has 22 heteroatoms. The van der Waals surface area contributed by atoms with E-state index >= 15 is 4.79 Å². The first-order valence-electron chi connectivity index (χ1n) is 23.0. The maximum atomic E-state index is 15.4. The number of alkyl carbamates (subject to hydrolysis) is 2. The number of rotatable bonds is 17. The molecule has 69 heavy (non-hydrogen) atoms. The Labute approximate surface area is 400 Å². The minimum atomic E-state index is -1.92. The van der Waals surface area contributed by atoms with Crippen LogP contribution in [0.25, 0.3) is 0 Å². The second-order valence-corrected chi connectivity index (χ2v) is 19.7. The number of nitrogens with zero attached hydrogens (tertiary/aromatic N) is 2. The van der Waals surface area contributed by atoms with Crippen LogP contribution in [0, 0.1) is 0 Å². The molecule has 4 aliphatic rings.